The summed E-state index contributed by atoms with van der Waals surface area (Å²) in [4.78, 5) is 17.5. The van der Waals surface area contributed by atoms with Crippen molar-refractivity contribution in [2.24, 2.45) is 5.41 Å². The molecule has 0 aliphatic carbocycles. The first-order valence-electron chi connectivity index (χ1n) is 6.66. The highest BCUT2D eigenvalue weighted by atomic mass is 16.1. The molecule has 1 aliphatic heterocycles. The van der Waals surface area contributed by atoms with Crippen LogP contribution in [0.1, 0.15) is 37.9 Å². The van der Waals surface area contributed by atoms with E-state index in [2.05, 4.69) is 23.7 Å². The van der Waals surface area contributed by atoms with Gasteiger partial charge in [0.2, 0.25) is 0 Å². The van der Waals surface area contributed by atoms with Crippen LogP contribution in [0.15, 0.2) is 12.3 Å². The number of aromatic nitrogens is 1. The predicted molar refractivity (Wildman–Crippen MR) is 74.0 cm³/mol. The molecule has 98 valence electrons. The van der Waals surface area contributed by atoms with Crippen molar-refractivity contribution in [1.29, 1.82) is 0 Å². The third-order valence-corrected chi connectivity index (χ3v) is 3.99. The van der Waals surface area contributed by atoms with Gasteiger partial charge in [0, 0.05) is 42.7 Å². The first kappa shape index (κ1) is 13.1. The molecule has 3 heteroatoms. The minimum Gasteiger partial charge on any atom is -0.371 e. The first-order valence-corrected chi connectivity index (χ1v) is 6.66. The lowest BCUT2D eigenvalue weighted by atomic mass is 9.82. The largest absolute Gasteiger partial charge is 0.371 e. The molecule has 2 heterocycles. The average Bonchev–Trinajstić information content (AvgIpc) is 2.32. The number of carbonyl (C=O) groups excluding carboxylic acids is 1. The number of hydrogen-bond acceptors (Lipinski definition) is 3. The van der Waals surface area contributed by atoms with Gasteiger partial charge in [-0.15, -0.1) is 0 Å². The van der Waals surface area contributed by atoms with Gasteiger partial charge in [-0.05, 0) is 31.2 Å². The lowest BCUT2D eigenvalue weighted by Crippen LogP contribution is -2.37. The van der Waals surface area contributed by atoms with E-state index >= 15 is 0 Å². The molecule has 18 heavy (non-hydrogen) atoms. The molecule has 0 N–H and O–H groups in total. The summed E-state index contributed by atoms with van der Waals surface area (Å²) in [5.41, 5.74) is 3.71. The lowest BCUT2D eigenvalue weighted by Gasteiger charge is -2.39. The number of hydrogen-bond donors (Lipinski definition) is 0. The fourth-order valence-corrected chi connectivity index (χ4v) is 2.57. The van der Waals surface area contributed by atoms with Crippen molar-refractivity contribution in [1.82, 2.24) is 4.98 Å². The van der Waals surface area contributed by atoms with Gasteiger partial charge in [0.05, 0.1) is 0 Å². The number of aryl methyl sites for hydroxylation is 1. The van der Waals surface area contributed by atoms with E-state index in [1.54, 1.807) is 0 Å². The van der Waals surface area contributed by atoms with Crippen molar-refractivity contribution in [3.05, 3.63) is 23.5 Å². The summed E-state index contributed by atoms with van der Waals surface area (Å²) in [5.74, 6) is 0. The number of carbonyl (C=O) groups is 1. The number of aldehydes is 1. The Balaban J connectivity index is 2.23. The van der Waals surface area contributed by atoms with E-state index in [9.17, 15) is 4.79 Å². The van der Waals surface area contributed by atoms with Crippen molar-refractivity contribution < 1.29 is 4.79 Å². The Labute approximate surface area is 109 Å². The molecule has 0 saturated carbocycles. The van der Waals surface area contributed by atoms with Crippen LogP contribution >= 0.6 is 0 Å². The van der Waals surface area contributed by atoms with Crippen LogP contribution in [0, 0.1) is 12.3 Å². The Kier molecular flexibility index (Phi) is 3.69. The van der Waals surface area contributed by atoms with Gasteiger partial charge in [-0.1, -0.05) is 13.8 Å². The molecule has 0 unspecified atom stereocenters. The number of anilines is 1. The van der Waals surface area contributed by atoms with Crippen molar-refractivity contribution in [2.75, 3.05) is 18.0 Å². The van der Waals surface area contributed by atoms with E-state index in [0.717, 1.165) is 30.6 Å². The zero-order valence-electron chi connectivity index (χ0n) is 11.6. The molecule has 1 fully saturated rings. The fourth-order valence-electron chi connectivity index (χ4n) is 2.57. The van der Waals surface area contributed by atoms with E-state index in [4.69, 9.17) is 0 Å². The number of pyridine rings is 1. The Morgan fingerprint density at radius 2 is 2.06 bits per heavy atom. The van der Waals surface area contributed by atoms with Crippen molar-refractivity contribution in [3.8, 4) is 0 Å². The molecule has 0 aromatic carbocycles. The van der Waals surface area contributed by atoms with Crippen LogP contribution in [0.5, 0.6) is 0 Å². The Morgan fingerprint density at radius 3 is 2.67 bits per heavy atom. The molecule has 1 aromatic rings. The average molecular weight is 246 g/mol. The summed E-state index contributed by atoms with van der Waals surface area (Å²) >= 11 is 0. The number of rotatable bonds is 3. The summed E-state index contributed by atoms with van der Waals surface area (Å²) in [5, 5.41) is 0. The maximum atomic E-state index is 10.8. The van der Waals surface area contributed by atoms with Gasteiger partial charge >= 0.3 is 0 Å². The van der Waals surface area contributed by atoms with Crippen LogP contribution in [0.3, 0.4) is 0 Å². The minimum absolute atomic E-state index is 0.448. The summed E-state index contributed by atoms with van der Waals surface area (Å²) in [6, 6.07) is 2.05. The highest BCUT2D eigenvalue weighted by Crippen LogP contribution is 2.33. The van der Waals surface area contributed by atoms with Crippen LogP contribution in [0.25, 0.3) is 0 Å². The van der Waals surface area contributed by atoms with Gasteiger partial charge in [-0.25, -0.2) is 0 Å². The van der Waals surface area contributed by atoms with Crippen LogP contribution in [0.2, 0.25) is 0 Å². The molecule has 0 bridgehead atoms. The molecule has 0 amide bonds. The normalized spacial score (nSPS) is 18.7. The summed E-state index contributed by atoms with van der Waals surface area (Å²) < 4.78 is 0. The molecule has 0 spiro atoms. The van der Waals surface area contributed by atoms with Crippen LogP contribution < -0.4 is 4.90 Å². The van der Waals surface area contributed by atoms with E-state index in [1.807, 2.05) is 19.2 Å². The predicted octanol–water partition coefficient (Wildman–Crippen LogP) is 2.76. The highest BCUT2D eigenvalue weighted by molar-refractivity contribution is 5.64. The number of nitrogens with zero attached hydrogens (tertiary/aromatic N) is 2. The summed E-state index contributed by atoms with van der Waals surface area (Å²) in [7, 11) is 0. The molecular formula is C15H22N2O. The molecule has 1 aromatic heterocycles. The summed E-state index contributed by atoms with van der Waals surface area (Å²) in [6.07, 6.45) is 5.69. The second-order valence-corrected chi connectivity index (χ2v) is 5.92. The van der Waals surface area contributed by atoms with E-state index in [-0.39, 0.29) is 0 Å². The Morgan fingerprint density at radius 1 is 1.39 bits per heavy atom. The molecular weight excluding hydrogens is 224 g/mol. The van der Waals surface area contributed by atoms with Gasteiger partial charge in [0.25, 0.3) is 0 Å². The highest BCUT2D eigenvalue weighted by Gasteiger charge is 2.26. The minimum atomic E-state index is 0.448. The zero-order valence-corrected chi connectivity index (χ0v) is 11.6. The van der Waals surface area contributed by atoms with Gasteiger partial charge in [0.1, 0.15) is 6.29 Å². The van der Waals surface area contributed by atoms with Gasteiger partial charge in [0.15, 0.2) is 0 Å². The standard InChI is InChI=1S/C15H22N2O/c1-12-13(5-11-18)14(4-8-16-12)17-9-6-15(2,3)7-10-17/h4,8,11H,5-7,9-10H2,1-3H3. The summed E-state index contributed by atoms with van der Waals surface area (Å²) in [6.45, 7) is 8.78. The van der Waals surface area contributed by atoms with Crippen LogP contribution in [0.4, 0.5) is 5.69 Å². The zero-order chi connectivity index (χ0) is 13.2. The Hall–Kier alpha value is -1.38. The molecule has 2 rings (SSSR count). The maximum Gasteiger partial charge on any atom is 0.124 e. The smallest absolute Gasteiger partial charge is 0.124 e. The number of piperidine rings is 1. The van der Waals surface area contributed by atoms with E-state index in [0.29, 0.717) is 11.8 Å². The van der Waals surface area contributed by atoms with E-state index in [1.165, 1.54) is 18.5 Å². The van der Waals surface area contributed by atoms with Crippen molar-refractivity contribution in [3.63, 3.8) is 0 Å². The third-order valence-electron chi connectivity index (χ3n) is 3.99. The molecule has 1 aliphatic rings. The van der Waals surface area contributed by atoms with Gasteiger partial charge in [-0.3, -0.25) is 4.98 Å². The van der Waals surface area contributed by atoms with Crippen LogP contribution in [-0.4, -0.2) is 24.4 Å². The van der Waals surface area contributed by atoms with Gasteiger partial charge < -0.3 is 9.69 Å². The Bertz CT molecular complexity index is 430. The second-order valence-electron chi connectivity index (χ2n) is 5.92. The maximum absolute atomic E-state index is 10.8. The molecule has 0 atom stereocenters. The topological polar surface area (TPSA) is 33.2 Å². The molecule has 0 radical (unpaired) electrons. The second kappa shape index (κ2) is 5.09. The van der Waals surface area contributed by atoms with Crippen molar-refractivity contribution in [2.45, 2.75) is 40.0 Å². The van der Waals surface area contributed by atoms with Crippen LogP contribution in [-0.2, 0) is 11.2 Å². The third kappa shape index (κ3) is 2.71. The molecule has 3 nitrogen and oxygen atoms in total. The first-order chi connectivity index (χ1) is 8.53. The van der Waals surface area contributed by atoms with Gasteiger partial charge in [-0.2, -0.15) is 0 Å². The monoisotopic (exact) mass is 246 g/mol. The quantitative estimate of drug-likeness (QED) is 0.769. The lowest BCUT2D eigenvalue weighted by molar-refractivity contribution is -0.107. The van der Waals surface area contributed by atoms with Crippen molar-refractivity contribution >= 4 is 12.0 Å². The SMILES string of the molecule is Cc1nccc(N2CCC(C)(C)CC2)c1CC=O. The molecule has 1 saturated heterocycles. The fraction of sp³-hybridized carbons (Fsp3) is 0.600. The van der Waals surface area contributed by atoms with E-state index < -0.39 is 0 Å².